The van der Waals surface area contributed by atoms with Crippen LogP contribution in [0.5, 0.6) is 0 Å². The number of fused-ring (bicyclic) bond motifs is 5. The lowest BCUT2D eigenvalue weighted by atomic mass is 9.44. The van der Waals surface area contributed by atoms with E-state index in [9.17, 15) is 9.90 Å². The van der Waals surface area contributed by atoms with Gasteiger partial charge in [-0.1, -0.05) is 20.8 Å². The van der Waals surface area contributed by atoms with Crippen LogP contribution < -0.4 is 0 Å². The smallest absolute Gasteiger partial charge is 0.222 e. The molecular formula is C30H52N2O3. The molecule has 9 atom stereocenters. The number of hydrogen-bond donors (Lipinski definition) is 2. The predicted molar refractivity (Wildman–Crippen MR) is 140 cm³/mol. The van der Waals surface area contributed by atoms with Crippen molar-refractivity contribution < 1.29 is 15.0 Å². The minimum atomic E-state index is -0.0534. The molecule has 5 heteroatoms. The van der Waals surface area contributed by atoms with Crippen LogP contribution in [-0.2, 0) is 4.79 Å². The van der Waals surface area contributed by atoms with Crippen molar-refractivity contribution in [2.45, 2.75) is 97.5 Å². The summed E-state index contributed by atoms with van der Waals surface area (Å²) in [6.07, 6.45) is 13.2. The van der Waals surface area contributed by atoms with E-state index in [2.05, 4.69) is 30.6 Å². The quantitative estimate of drug-likeness (QED) is 0.575. The summed E-state index contributed by atoms with van der Waals surface area (Å²) < 4.78 is 0. The molecule has 35 heavy (non-hydrogen) atoms. The van der Waals surface area contributed by atoms with E-state index in [1.165, 1.54) is 44.9 Å². The second-order valence-corrected chi connectivity index (χ2v) is 13.8. The van der Waals surface area contributed by atoms with Gasteiger partial charge in [0.25, 0.3) is 0 Å². The van der Waals surface area contributed by atoms with Crippen molar-refractivity contribution in [3.63, 3.8) is 0 Å². The van der Waals surface area contributed by atoms with Crippen molar-refractivity contribution in [3.8, 4) is 0 Å². The molecule has 0 aromatic heterocycles. The van der Waals surface area contributed by atoms with Gasteiger partial charge in [0.2, 0.25) is 5.91 Å². The molecule has 1 amide bonds. The Kier molecular flexibility index (Phi) is 7.61. The Balaban J connectivity index is 1.17. The van der Waals surface area contributed by atoms with Crippen molar-refractivity contribution in [1.29, 1.82) is 0 Å². The first kappa shape index (κ1) is 26.0. The summed E-state index contributed by atoms with van der Waals surface area (Å²) in [5.74, 6) is 5.10. The molecule has 200 valence electrons. The number of rotatable bonds is 6. The van der Waals surface area contributed by atoms with Gasteiger partial charge in [-0.05, 0) is 111 Å². The van der Waals surface area contributed by atoms with Crippen LogP contribution in [0, 0.1) is 46.3 Å². The number of hydrogen-bond acceptors (Lipinski definition) is 4. The molecule has 0 aromatic carbocycles. The molecule has 5 fully saturated rings. The molecule has 5 rings (SSSR count). The van der Waals surface area contributed by atoms with Gasteiger partial charge in [0.15, 0.2) is 0 Å². The summed E-state index contributed by atoms with van der Waals surface area (Å²) in [6, 6.07) is 0. The second kappa shape index (κ2) is 10.3. The topological polar surface area (TPSA) is 64.0 Å². The van der Waals surface area contributed by atoms with E-state index in [0.29, 0.717) is 29.1 Å². The maximum Gasteiger partial charge on any atom is 0.222 e. The highest BCUT2D eigenvalue weighted by atomic mass is 16.3. The Morgan fingerprint density at radius 1 is 0.943 bits per heavy atom. The summed E-state index contributed by atoms with van der Waals surface area (Å²) in [6.45, 7) is 12.0. The first-order valence-electron chi connectivity index (χ1n) is 15.1. The SMILES string of the molecule is C[C@H](CCC(=O)N1CCN(CCO)CC1)[C@H]1CCC2C3CCC4C[C@H](O)CC[C@]4(C)C3CC[C@@]21C. The van der Waals surface area contributed by atoms with E-state index < -0.39 is 0 Å². The third-order valence-corrected chi connectivity index (χ3v) is 12.4. The van der Waals surface area contributed by atoms with Gasteiger partial charge in [-0.25, -0.2) is 0 Å². The highest BCUT2D eigenvalue weighted by molar-refractivity contribution is 5.76. The molecule has 5 nitrogen and oxygen atoms in total. The van der Waals surface area contributed by atoms with E-state index in [4.69, 9.17) is 5.11 Å². The number of aliphatic hydroxyl groups excluding tert-OH is 2. The highest BCUT2D eigenvalue weighted by Gasteiger charge is 2.60. The summed E-state index contributed by atoms with van der Waals surface area (Å²) in [4.78, 5) is 17.3. The Morgan fingerprint density at radius 2 is 1.66 bits per heavy atom. The first-order valence-corrected chi connectivity index (χ1v) is 15.1. The fourth-order valence-electron chi connectivity index (χ4n) is 10.3. The van der Waals surface area contributed by atoms with Crippen LogP contribution >= 0.6 is 0 Å². The lowest BCUT2D eigenvalue weighted by Gasteiger charge is -2.61. The van der Waals surface area contributed by atoms with Crippen molar-refractivity contribution in [2.24, 2.45) is 46.3 Å². The number of β-amino-alcohol motifs (C(OH)–C–C–N with tert-alkyl or cyclic N) is 1. The number of amides is 1. The van der Waals surface area contributed by atoms with Gasteiger partial charge in [-0.15, -0.1) is 0 Å². The van der Waals surface area contributed by atoms with Gasteiger partial charge in [0, 0.05) is 39.1 Å². The average Bonchev–Trinajstić information content (AvgIpc) is 3.21. The molecule has 1 aliphatic heterocycles. The molecule has 4 unspecified atom stereocenters. The van der Waals surface area contributed by atoms with Gasteiger partial charge in [0.1, 0.15) is 0 Å². The molecule has 4 aliphatic carbocycles. The molecule has 1 saturated heterocycles. The largest absolute Gasteiger partial charge is 0.395 e. The molecule has 0 bridgehead atoms. The molecular weight excluding hydrogens is 436 g/mol. The van der Waals surface area contributed by atoms with Gasteiger partial charge >= 0.3 is 0 Å². The van der Waals surface area contributed by atoms with Crippen LogP contribution in [0.3, 0.4) is 0 Å². The Morgan fingerprint density at radius 3 is 2.40 bits per heavy atom. The lowest BCUT2D eigenvalue weighted by molar-refractivity contribution is -0.134. The van der Waals surface area contributed by atoms with Crippen LogP contribution in [-0.4, -0.2) is 71.4 Å². The zero-order valence-electron chi connectivity index (χ0n) is 22.8. The maximum atomic E-state index is 13.0. The summed E-state index contributed by atoms with van der Waals surface area (Å²) in [5, 5.41) is 19.5. The average molecular weight is 489 g/mol. The van der Waals surface area contributed by atoms with Crippen LogP contribution in [0.4, 0.5) is 0 Å². The number of carbonyl (C=O) groups excluding carboxylic acids is 1. The standard InChI is InChI=1S/C30H52N2O3/c1-21(4-9-28(35)32-16-14-31(15-17-32)18-19-33)25-7-8-26-24-6-5-22-20-23(34)10-12-29(22,2)27(24)11-13-30(25,26)3/h21-27,33-34H,4-20H2,1-3H3/t21-,22?,23-,24?,25-,26?,27?,29+,30-/m1/s1. The zero-order valence-corrected chi connectivity index (χ0v) is 22.8. The molecule has 0 radical (unpaired) electrons. The van der Waals surface area contributed by atoms with Gasteiger partial charge in [-0.2, -0.15) is 0 Å². The van der Waals surface area contributed by atoms with Crippen molar-refractivity contribution in [3.05, 3.63) is 0 Å². The third kappa shape index (κ3) is 4.72. The summed E-state index contributed by atoms with van der Waals surface area (Å²) >= 11 is 0. The van der Waals surface area contributed by atoms with E-state index >= 15 is 0 Å². The van der Waals surface area contributed by atoms with Crippen LogP contribution in [0.25, 0.3) is 0 Å². The first-order chi connectivity index (χ1) is 16.8. The van der Waals surface area contributed by atoms with Crippen molar-refractivity contribution >= 4 is 5.91 Å². The van der Waals surface area contributed by atoms with Gasteiger partial charge in [0.05, 0.1) is 12.7 Å². The minimum Gasteiger partial charge on any atom is -0.395 e. The number of nitrogens with zero attached hydrogens (tertiary/aromatic N) is 2. The normalized spacial score (nSPS) is 44.9. The van der Waals surface area contributed by atoms with Crippen molar-refractivity contribution in [2.75, 3.05) is 39.3 Å². The molecule has 4 saturated carbocycles. The molecule has 2 N–H and O–H groups in total. The molecule has 5 aliphatic rings. The van der Waals surface area contributed by atoms with Gasteiger partial charge < -0.3 is 15.1 Å². The lowest BCUT2D eigenvalue weighted by Crippen LogP contribution is -2.54. The predicted octanol–water partition coefficient (Wildman–Crippen LogP) is 4.56. The second-order valence-electron chi connectivity index (χ2n) is 13.8. The monoisotopic (exact) mass is 488 g/mol. The number of piperazine rings is 1. The molecule has 0 aromatic rings. The van der Waals surface area contributed by atoms with E-state index in [1.54, 1.807) is 0 Å². The molecule has 1 heterocycles. The van der Waals surface area contributed by atoms with Gasteiger partial charge in [-0.3, -0.25) is 9.69 Å². The Bertz CT molecular complexity index is 752. The van der Waals surface area contributed by atoms with E-state index in [1.807, 2.05) is 0 Å². The maximum absolute atomic E-state index is 13.0. The molecule has 0 spiro atoms. The summed E-state index contributed by atoms with van der Waals surface area (Å²) in [5.41, 5.74) is 0.914. The summed E-state index contributed by atoms with van der Waals surface area (Å²) in [7, 11) is 0. The van der Waals surface area contributed by atoms with Crippen molar-refractivity contribution in [1.82, 2.24) is 9.80 Å². The van der Waals surface area contributed by atoms with Crippen LogP contribution in [0.1, 0.15) is 91.4 Å². The van der Waals surface area contributed by atoms with E-state index in [0.717, 1.165) is 81.6 Å². The highest BCUT2D eigenvalue weighted by Crippen LogP contribution is 2.68. The van der Waals surface area contributed by atoms with Crippen LogP contribution in [0.2, 0.25) is 0 Å². The fourth-order valence-corrected chi connectivity index (χ4v) is 10.3. The zero-order chi connectivity index (χ0) is 24.8. The van der Waals surface area contributed by atoms with Crippen LogP contribution in [0.15, 0.2) is 0 Å². The minimum absolute atomic E-state index is 0.0534. The third-order valence-electron chi connectivity index (χ3n) is 12.4. The number of carbonyl (C=O) groups is 1. The number of aliphatic hydroxyl groups is 2. The van der Waals surface area contributed by atoms with E-state index in [-0.39, 0.29) is 12.7 Å². The Labute approximate surface area is 214 Å². The fraction of sp³-hybridized carbons (Fsp3) is 0.967. The Hall–Kier alpha value is -0.650.